The van der Waals surface area contributed by atoms with Gasteiger partial charge in [0.2, 0.25) is 0 Å². The second-order valence-electron chi connectivity index (χ2n) is 6.30. The van der Waals surface area contributed by atoms with Crippen LogP contribution in [0.4, 0.5) is 0 Å². The van der Waals surface area contributed by atoms with Gasteiger partial charge in [0.1, 0.15) is 0 Å². The summed E-state index contributed by atoms with van der Waals surface area (Å²) in [7, 11) is 2.33. The average Bonchev–Trinajstić information content (AvgIpc) is 2.27. The molecule has 0 unspecified atom stereocenters. The Kier molecular flexibility index (Phi) is 6.93. The number of rotatable bonds is 7. The van der Waals surface area contributed by atoms with Crippen LogP contribution in [0, 0.1) is 11.8 Å². The first kappa shape index (κ1) is 16.7. The van der Waals surface area contributed by atoms with Gasteiger partial charge in [-0.1, -0.05) is 0 Å². The van der Waals surface area contributed by atoms with Crippen LogP contribution in [0.3, 0.4) is 0 Å². The summed E-state index contributed by atoms with van der Waals surface area (Å²) in [6, 6.07) is 0. The Balaban J connectivity index is 2.75. The summed E-state index contributed by atoms with van der Waals surface area (Å²) in [5, 5.41) is 0. The molecule has 1 rings (SSSR count). The fourth-order valence-corrected chi connectivity index (χ4v) is 12.9. The molecule has 107 valence electrons. The molecule has 1 radical (unpaired) electrons. The number of nitrogens with zero attached hydrogens (tertiary/aromatic N) is 3. The number of hydrogen-bond donors (Lipinski definition) is 0. The fraction of sp³-hybridized carbons (Fsp3) is 1.00. The summed E-state index contributed by atoms with van der Waals surface area (Å²) < 4.78 is 8.41. The quantitative estimate of drug-likeness (QED) is 0.646. The first-order valence-electron chi connectivity index (χ1n) is 7.53. The molecule has 1 saturated heterocycles. The first-order valence-corrected chi connectivity index (χ1v) is 11.4. The van der Waals surface area contributed by atoms with Crippen molar-refractivity contribution in [1.82, 2.24) is 9.36 Å². The standard InChI is InChI=1S/C11H24N2.C3H8N.Sn/c1-6-11(12-7-9(2)3)13-8-10(4)5;1-3-4-2;/h9-11H,6-8H2,1-5H3;3H2,1-2H3;/q-2;-1;+3. The van der Waals surface area contributed by atoms with Crippen molar-refractivity contribution >= 4 is 20.6 Å². The van der Waals surface area contributed by atoms with Gasteiger partial charge < -0.3 is 0 Å². The van der Waals surface area contributed by atoms with E-state index in [1.807, 2.05) is 0 Å². The zero-order chi connectivity index (χ0) is 13.9. The monoisotopic (exact) mass is 362 g/mol. The third-order valence-electron chi connectivity index (χ3n) is 3.54. The van der Waals surface area contributed by atoms with Crippen LogP contribution in [0.5, 0.6) is 0 Å². The molecule has 0 saturated carbocycles. The molecule has 0 spiro atoms. The molecule has 0 N–H and O–H groups in total. The van der Waals surface area contributed by atoms with Crippen LogP contribution in [0.2, 0.25) is 0 Å². The van der Waals surface area contributed by atoms with Crippen LogP contribution < -0.4 is 0 Å². The van der Waals surface area contributed by atoms with E-state index >= 15 is 0 Å². The van der Waals surface area contributed by atoms with E-state index in [-0.39, 0.29) is 0 Å². The van der Waals surface area contributed by atoms with Gasteiger partial charge in [-0.3, -0.25) is 0 Å². The maximum absolute atomic E-state index is 2.87. The van der Waals surface area contributed by atoms with Gasteiger partial charge in [-0.2, -0.15) is 0 Å². The van der Waals surface area contributed by atoms with Gasteiger partial charge in [-0.25, -0.2) is 0 Å². The topological polar surface area (TPSA) is 9.72 Å². The Bertz CT molecular complexity index is 227. The number of hydrogen-bond acceptors (Lipinski definition) is 3. The molecule has 0 bridgehead atoms. The molecule has 0 amide bonds. The van der Waals surface area contributed by atoms with E-state index in [1.54, 1.807) is 0 Å². The Labute approximate surface area is 122 Å². The van der Waals surface area contributed by atoms with Gasteiger partial charge in [0.05, 0.1) is 0 Å². The van der Waals surface area contributed by atoms with Crippen molar-refractivity contribution in [2.45, 2.75) is 54.1 Å². The van der Waals surface area contributed by atoms with Crippen LogP contribution >= 0.6 is 0 Å². The molecule has 1 fully saturated rings. The van der Waals surface area contributed by atoms with Crippen molar-refractivity contribution in [3.05, 3.63) is 0 Å². The molecule has 0 aromatic rings. The third-order valence-corrected chi connectivity index (χ3v) is 12.1. The molecule has 18 heavy (non-hydrogen) atoms. The Morgan fingerprint density at radius 2 is 1.44 bits per heavy atom. The molecular formula is C14H32N3Sn. The molecule has 0 aromatic carbocycles. The van der Waals surface area contributed by atoms with Gasteiger partial charge in [0.15, 0.2) is 0 Å². The van der Waals surface area contributed by atoms with Gasteiger partial charge in [-0.05, 0) is 0 Å². The van der Waals surface area contributed by atoms with E-state index in [9.17, 15) is 0 Å². The van der Waals surface area contributed by atoms with Gasteiger partial charge >= 0.3 is 123 Å². The zero-order valence-corrected chi connectivity index (χ0v) is 16.3. The van der Waals surface area contributed by atoms with Gasteiger partial charge in [-0.15, -0.1) is 0 Å². The summed E-state index contributed by atoms with van der Waals surface area (Å²) in [6.07, 6.45) is 2.01. The molecule has 0 aromatic heterocycles. The van der Waals surface area contributed by atoms with Crippen LogP contribution in [0.1, 0.15) is 48.0 Å². The van der Waals surface area contributed by atoms with Crippen LogP contribution in [0.25, 0.3) is 0 Å². The van der Waals surface area contributed by atoms with Crippen LogP contribution in [0.15, 0.2) is 0 Å². The minimum atomic E-state index is -1.65. The summed E-state index contributed by atoms with van der Waals surface area (Å²) >= 11 is -1.65. The molecule has 1 aliphatic heterocycles. The van der Waals surface area contributed by atoms with Crippen molar-refractivity contribution in [2.75, 3.05) is 26.7 Å². The van der Waals surface area contributed by atoms with E-state index in [4.69, 9.17) is 0 Å². The molecule has 4 heteroatoms. The van der Waals surface area contributed by atoms with E-state index in [2.05, 4.69) is 58.0 Å². The average molecular weight is 361 g/mol. The van der Waals surface area contributed by atoms with E-state index in [0.29, 0.717) is 0 Å². The van der Waals surface area contributed by atoms with Gasteiger partial charge in [0.25, 0.3) is 0 Å². The van der Waals surface area contributed by atoms with E-state index in [1.165, 1.54) is 26.1 Å². The molecule has 1 heterocycles. The second-order valence-corrected chi connectivity index (χ2v) is 13.5. The maximum atomic E-state index is 2.87. The summed E-state index contributed by atoms with van der Waals surface area (Å²) in [6.45, 7) is 17.8. The summed E-state index contributed by atoms with van der Waals surface area (Å²) in [5.74, 6) is 1.59. The van der Waals surface area contributed by atoms with Gasteiger partial charge in [0, 0.05) is 0 Å². The second kappa shape index (κ2) is 7.46. The van der Waals surface area contributed by atoms with Crippen molar-refractivity contribution in [3.8, 4) is 0 Å². The summed E-state index contributed by atoms with van der Waals surface area (Å²) in [4.78, 5) is 0. The summed E-state index contributed by atoms with van der Waals surface area (Å²) in [5.41, 5.74) is 0. The fourth-order valence-electron chi connectivity index (χ4n) is 2.76. The normalized spacial score (nSPS) is 20.3. The SMILES string of the molecule is CCC1[N](CC(C)C)[Sn]([N](C)CC)[N]1CC(C)C. The predicted octanol–water partition coefficient (Wildman–Crippen LogP) is 2.59. The molecule has 3 nitrogen and oxygen atoms in total. The first-order chi connectivity index (χ1) is 8.42. The minimum absolute atomic E-state index is 0.734. The Morgan fingerprint density at radius 1 is 1.00 bits per heavy atom. The Morgan fingerprint density at radius 3 is 1.72 bits per heavy atom. The molecule has 0 atom stereocenters. The molecule has 0 aliphatic carbocycles. The molecule has 1 aliphatic rings. The van der Waals surface area contributed by atoms with E-state index < -0.39 is 20.6 Å². The van der Waals surface area contributed by atoms with Crippen LogP contribution in [-0.2, 0) is 0 Å². The van der Waals surface area contributed by atoms with Crippen molar-refractivity contribution in [3.63, 3.8) is 0 Å². The van der Waals surface area contributed by atoms with E-state index in [0.717, 1.165) is 18.0 Å². The third kappa shape index (κ3) is 3.84. The van der Waals surface area contributed by atoms with Crippen molar-refractivity contribution in [2.24, 2.45) is 11.8 Å². The van der Waals surface area contributed by atoms with Crippen molar-refractivity contribution in [1.29, 1.82) is 0 Å². The zero-order valence-electron chi connectivity index (χ0n) is 13.4. The Hall–Kier alpha value is 0.679. The van der Waals surface area contributed by atoms with Crippen molar-refractivity contribution < 1.29 is 0 Å². The predicted molar refractivity (Wildman–Crippen MR) is 81.2 cm³/mol. The van der Waals surface area contributed by atoms with Crippen LogP contribution in [-0.4, -0.2) is 62.8 Å². The molecular weight excluding hydrogens is 329 g/mol.